The average Bonchev–Trinajstić information content (AvgIpc) is 3.51. The maximum atomic E-state index is 13.6. The number of benzene rings is 2. The highest BCUT2D eigenvalue weighted by Gasteiger charge is 2.48. The number of carbonyl (C=O) groups is 3. The zero-order valence-corrected chi connectivity index (χ0v) is 25.4. The smallest absolute Gasteiger partial charge is 0.350 e. The van der Waals surface area contributed by atoms with Crippen molar-refractivity contribution in [2.75, 3.05) is 31.3 Å². The van der Waals surface area contributed by atoms with Crippen molar-refractivity contribution in [2.45, 2.75) is 40.2 Å². The van der Waals surface area contributed by atoms with E-state index >= 15 is 0 Å². The predicted octanol–water partition coefficient (Wildman–Crippen LogP) is 6.01. The number of carbonyl (C=O) groups excluding carboxylic acids is 3. The van der Waals surface area contributed by atoms with Crippen LogP contribution in [0.25, 0.3) is 5.76 Å². The van der Waals surface area contributed by atoms with Gasteiger partial charge in [0.05, 0.1) is 37.1 Å². The molecule has 43 heavy (non-hydrogen) atoms. The van der Waals surface area contributed by atoms with Gasteiger partial charge in [0.15, 0.2) is 16.6 Å². The molecule has 1 amide bonds. The molecule has 1 aliphatic rings. The van der Waals surface area contributed by atoms with E-state index < -0.39 is 23.7 Å². The van der Waals surface area contributed by atoms with Crippen LogP contribution in [0.4, 0.5) is 5.13 Å². The van der Waals surface area contributed by atoms with E-state index in [1.807, 2.05) is 20.8 Å². The Balaban J connectivity index is 1.89. The fourth-order valence-corrected chi connectivity index (χ4v) is 5.53. The van der Waals surface area contributed by atoms with E-state index in [2.05, 4.69) is 11.6 Å². The number of aliphatic hydroxyl groups excluding tert-OH is 1. The fourth-order valence-electron chi connectivity index (χ4n) is 4.55. The number of rotatable bonds is 13. The van der Waals surface area contributed by atoms with E-state index in [4.69, 9.17) is 18.9 Å². The van der Waals surface area contributed by atoms with Gasteiger partial charge in [-0.3, -0.25) is 14.5 Å². The third kappa shape index (κ3) is 6.56. The van der Waals surface area contributed by atoms with Gasteiger partial charge in [-0.15, -0.1) is 0 Å². The Kier molecular flexibility index (Phi) is 10.2. The number of hydrogen-bond acceptors (Lipinski definition) is 10. The number of aryl methyl sites for hydroxylation is 1. The monoisotopic (exact) mass is 606 g/mol. The van der Waals surface area contributed by atoms with Crippen LogP contribution in [0.15, 0.2) is 60.7 Å². The second kappa shape index (κ2) is 14.0. The number of aliphatic hydroxyl groups is 1. The molecule has 2 heterocycles. The molecule has 2 aromatic carbocycles. The molecule has 0 radical (unpaired) electrons. The number of hydrogen-bond donors (Lipinski definition) is 1. The van der Waals surface area contributed by atoms with Gasteiger partial charge in [-0.1, -0.05) is 37.0 Å². The number of nitrogens with zero attached hydrogens (tertiary/aromatic N) is 2. The van der Waals surface area contributed by atoms with Gasteiger partial charge in [-0.05, 0) is 69.2 Å². The molecule has 1 aromatic heterocycles. The van der Waals surface area contributed by atoms with Crippen molar-refractivity contribution in [2.24, 2.45) is 0 Å². The molecule has 11 heteroatoms. The van der Waals surface area contributed by atoms with E-state index in [1.54, 1.807) is 49.4 Å². The molecule has 3 aromatic rings. The average molecular weight is 607 g/mol. The number of anilines is 1. The van der Waals surface area contributed by atoms with Gasteiger partial charge < -0.3 is 24.1 Å². The Hall–Kier alpha value is -4.64. The Morgan fingerprint density at radius 2 is 1.77 bits per heavy atom. The van der Waals surface area contributed by atoms with Gasteiger partial charge in [0.25, 0.3) is 5.78 Å². The summed E-state index contributed by atoms with van der Waals surface area (Å²) in [5.74, 6) is -1.27. The Bertz CT molecular complexity index is 1540. The summed E-state index contributed by atoms with van der Waals surface area (Å²) in [4.78, 5) is 45.8. The maximum Gasteiger partial charge on any atom is 0.350 e. The Morgan fingerprint density at radius 1 is 1.05 bits per heavy atom. The van der Waals surface area contributed by atoms with Gasteiger partial charge in [0.1, 0.15) is 23.0 Å². The molecule has 0 spiro atoms. The lowest BCUT2D eigenvalue weighted by atomic mass is 9.95. The van der Waals surface area contributed by atoms with Crippen LogP contribution in [0.5, 0.6) is 17.2 Å². The molecule has 4 rings (SSSR count). The quantitative estimate of drug-likeness (QED) is 0.0819. The van der Waals surface area contributed by atoms with Crippen LogP contribution < -0.4 is 19.1 Å². The van der Waals surface area contributed by atoms with Crippen LogP contribution in [0.1, 0.15) is 59.7 Å². The summed E-state index contributed by atoms with van der Waals surface area (Å²) >= 11 is 0.921. The second-order valence-electron chi connectivity index (χ2n) is 9.41. The van der Waals surface area contributed by atoms with Crippen LogP contribution >= 0.6 is 11.3 Å². The molecule has 1 aliphatic heterocycles. The molecule has 1 atom stereocenters. The standard InChI is InChI=1S/C32H34N2O8S/c1-6-16-41-23-15-12-21(18-24(23)40-9-4)26-25(27(35)20-10-13-22(14-11-20)39-8-3)28(36)30(37)34(26)32-33-19(5)29(43-32)31(38)42-17-7-2/h7,10-15,18,26,35H,2,6,8-9,16-17H2,1,3-5H3. The minimum absolute atomic E-state index is 0.00473. The van der Waals surface area contributed by atoms with E-state index in [1.165, 1.54) is 11.0 Å². The third-order valence-electron chi connectivity index (χ3n) is 6.44. The lowest BCUT2D eigenvalue weighted by molar-refractivity contribution is -0.132. The van der Waals surface area contributed by atoms with Crippen LogP contribution in [-0.4, -0.2) is 54.2 Å². The van der Waals surface area contributed by atoms with Crippen LogP contribution in [-0.2, 0) is 14.3 Å². The van der Waals surface area contributed by atoms with Gasteiger partial charge in [0, 0.05) is 5.56 Å². The zero-order chi connectivity index (χ0) is 31.1. The molecule has 1 N–H and O–H groups in total. The molecular weight excluding hydrogens is 572 g/mol. The minimum Gasteiger partial charge on any atom is -0.507 e. The van der Waals surface area contributed by atoms with Gasteiger partial charge in [-0.25, -0.2) is 9.78 Å². The molecular formula is C32H34N2O8S. The molecule has 0 bridgehead atoms. The van der Waals surface area contributed by atoms with E-state index in [9.17, 15) is 19.5 Å². The molecule has 0 saturated carbocycles. The lowest BCUT2D eigenvalue weighted by Crippen LogP contribution is -2.29. The first-order chi connectivity index (χ1) is 20.7. The molecule has 1 saturated heterocycles. The topological polar surface area (TPSA) is 124 Å². The van der Waals surface area contributed by atoms with Crippen molar-refractivity contribution < 1.29 is 38.4 Å². The molecule has 226 valence electrons. The Labute approximate surface area is 254 Å². The number of Topliss-reactive ketones (excluding diaryl/α,β-unsaturated/α-hetero) is 1. The normalized spacial score (nSPS) is 15.8. The minimum atomic E-state index is -1.09. The summed E-state index contributed by atoms with van der Waals surface area (Å²) in [6, 6.07) is 10.6. The Morgan fingerprint density at radius 3 is 2.42 bits per heavy atom. The van der Waals surface area contributed by atoms with Gasteiger partial charge >= 0.3 is 11.9 Å². The maximum absolute atomic E-state index is 13.6. The van der Waals surface area contributed by atoms with Crippen molar-refractivity contribution in [1.82, 2.24) is 4.98 Å². The summed E-state index contributed by atoms with van der Waals surface area (Å²) in [6.07, 6.45) is 2.23. The highest BCUT2D eigenvalue weighted by molar-refractivity contribution is 7.17. The summed E-state index contributed by atoms with van der Waals surface area (Å²) in [6.45, 7) is 12.1. The molecule has 1 fully saturated rings. The molecule has 1 unspecified atom stereocenters. The number of esters is 1. The van der Waals surface area contributed by atoms with E-state index in [0.717, 1.165) is 17.8 Å². The number of aromatic nitrogens is 1. The van der Waals surface area contributed by atoms with Crippen molar-refractivity contribution >= 4 is 39.9 Å². The number of ketones is 1. The van der Waals surface area contributed by atoms with Crippen LogP contribution in [0.3, 0.4) is 0 Å². The van der Waals surface area contributed by atoms with Gasteiger partial charge in [0.2, 0.25) is 0 Å². The molecule has 0 aliphatic carbocycles. The first-order valence-electron chi connectivity index (χ1n) is 13.9. The summed E-state index contributed by atoms with van der Waals surface area (Å²) < 4.78 is 22.4. The lowest BCUT2D eigenvalue weighted by Gasteiger charge is -2.24. The number of thiazole rings is 1. The van der Waals surface area contributed by atoms with Crippen molar-refractivity contribution in [3.05, 3.63) is 82.4 Å². The predicted molar refractivity (Wildman–Crippen MR) is 163 cm³/mol. The summed E-state index contributed by atoms with van der Waals surface area (Å²) in [5, 5.41) is 11.6. The number of ether oxygens (including phenoxy) is 4. The molecule has 10 nitrogen and oxygen atoms in total. The van der Waals surface area contributed by atoms with Crippen molar-refractivity contribution in [3.63, 3.8) is 0 Å². The van der Waals surface area contributed by atoms with Crippen LogP contribution in [0.2, 0.25) is 0 Å². The van der Waals surface area contributed by atoms with Crippen LogP contribution in [0, 0.1) is 6.92 Å². The zero-order valence-electron chi connectivity index (χ0n) is 24.5. The summed E-state index contributed by atoms with van der Waals surface area (Å²) in [7, 11) is 0. The van der Waals surface area contributed by atoms with E-state index in [0.29, 0.717) is 53.9 Å². The summed E-state index contributed by atoms with van der Waals surface area (Å²) in [5.41, 5.74) is 0.994. The highest BCUT2D eigenvalue weighted by Crippen LogP contribution is 2.45. The first-order valence-corrected chi connectivity index (χ1v) is 14.8. The first kappa shape index (κ1) is 31.3. The SMILES string of the molecule is C=CCOC(=O)c1sc(N2C(=O)C(=O)C(=C(O)c3ccc(OCC)cc3)C2c2ccc(OCCC)c(OCC)c2)nc1C. The van der Waals surface area contributed by atoms with Crippen molar-refractivity contribution in [1.29, 1.82) is 0 Å². The number of amides is 1. The third-order valence-corrected chi connectivity index (χ3v) is 7.57. The highest BCUT2D eigenvalue weighted by atomic mass is 32.1. The largest absolute Gasteiger partial charge is 0.507 e. The van der Waals surface area contributed by atoms with Crippen molar-refractivity contribution in [3.8, 4) is 17.2 Å². The second-order valence-corrected chi connectivity index (χ2v) is 10.4. The van der Waals surface area contributed by atoms with E-state index in [-0.39, 0.29) is 27.9 Å². The van der Waals surface area contributed by atoms with Gasteiger partial charge in [-0.2, -0.15) is 0 Å². The fraction of sp³-hybridized carbons (Fsp3) is 0.312.